The Labute approximate surface area is 121 Å². The van der Waals surface area contributed by atoms with Crippen LogP contribution in [0.3, 0.4) is 0 Å². The molecule has 0 atom stereocenters. The third kappa shape index (κ3) is 4.12. The van der Waals surface area contributed by atoms with Crippen molar-refractivity contribution in [1.29, 1.82) is 0 Å². The summed E-state index contributed by atoms with van der Waals surface area (Å²) in [6, 6.07) is 6.13. The number of aryl methyl sites for hydroxylation is 2. The number of carboxylic acid groups (broad SMARTS) is 1. The summed E-state index contributed by atoms with van der Waals surface area (Å²) >= 11 is 0. The van der Waals surface area contributed by atoms with Crippen molar-refractivity contribution in [3.8, 4) is 0 Å². The van der Waals surface area contributed by atoms with Gasteiger partial charge in [0.05, 0.1) is 4.90 Å². The molecule has 0 unspecified atom stereocenters. The molecular weight excluding hydrogens is 296 g/mol. The summed E-state index contributed by atoms with van der Waals surface area (Å²) < 4.78 is 29.1. The zero-order chi connectivity index (χ0) is 15.5. The molecule has 0 spiro atoms. The predicted molar refractivity (Wildman–Crippen MR) is 72.3 cm³/mol. The molecule has 7 nitrogen and oxygen atoms in total. The van der Waals surface area contributed by atoms with Gasteiger partial charge in [-0.2, -0.15) is 4.98 Å². The number of hydrogen-bond donors (Lipinski definition) is 1. The van der Waals surface area contributed by atoms with Gasteiger partial charge in [0.15, 0.2) is 15.7 Å². The van der Waals surface area contributed by atoms with E-state index in [4.69, 9.17) is 9.63 Å². The van der Waals surface area contributed by atoms with Gasteiger partial charge in [-0.15, -0.1) is 0 Å². The van der Waals surface area contributed by atoms with E-state index in [0.29, 0.717) is 12.3 Å². The van der Waals surface area contributed by atoms with Crippen molar-refractivity contribution in [3.63, 3.8) is 0 Å². The van der Waals surface area contributed by atoms with Crippen LogP contribution in [-0.2, 0) is 26.8 Å². The van der Waals surface area contributed by atoms with Crippen molar-refractivity contribution in [1.82, 2.24) is 10.1 Å². The average Bonchev–Trinajstić information content (AvgIpc) is 2.81. The predicted octanol–water partition coefficient (Wildman–Crippen LogP) is 1.37. The van der Waals surface area contributed by atoms with Crippen molar-refractivity contribution in [3.05, 3.63) is 41.5 Å². The molecule has 2 rings (SSSR count). The van der Waals surface area contributed by atoms with Gasteiger partial charge in [-0.1, -0.05) is 17.3 Å². The van der Waals surface area contributed by atoms with Crippen molar-refractivity contribution in [2.24, 2.45) is 0 Å². The van der Waals surface area contributed by atoms with E-state index in [1.807, 2.05) is 0 Å². The monoisotopic (exact) mass is 310 g/mol. The molecule has 21 heavy (non-hydrogen) atoms. The summed E-state index contributed by atoms with van der Waals surface area (Å²) in [4.78, 5) is 14.5. The summed E-state index contributed by atoms with van der Waals surface area (Å²) in [5.74, 6) is -0.801. The minimum atomic E-state index is -3.55. The lowest BCUT2D eigenvalue weighted by atomic mass is 10.1. The molecule has 1 heterocycles. The Kier molecular flexibility index (Phi) is 4.37. The van der Waals surface area contributed by atoms with E-state index in [0.717, 1.165) is 5.56 Å². The quantitative estimate of drug-likeness (QED) is 0.857. The Hall–Kier alpha value is -2.22. The zero-order valence-electron chi connectivity index (χ0n) is 11.3. The fourth-order valence-electron chi connectivity index (χ4n) is 1.77. The Balaban J connectivity index is 2.11. The summed E-state index contributed by atoms with van der Waals surface area (Å²) in [7, 11) is -3.55. The summed E-state index contributed by atoms with van der Waals surface area (Å²) in [6.07, 6.45) is 0.369. The number of aliphatic carboxylic acids is 1. The highest BCUT2D eigenvalue weighted by molar-refractivity contribution is 7.90. The number of aromatic nitrogens is 2. The van der Waals surface area contributed by atoms with E-state index in [9.17, 15) is 13.2 Å². The molecule has 8 heteroatoms. The molecule has 0 bridgehead atoms. The van der Waals surface area contributed by atoms with E-state index >= 15 is 0 Å². The maximum Gasteiger partial charge on any atom is 0.303 e. The molecule has 0 fully saturated rings. The van der Waals surface area contributed by atoms with Crippen molar-refractivity contribution in [2.45, 2.75) is 30.4 Å². The summed E-state index contributed by atoms with van der Waals surface area (Å²) in [6.45, 7) is 1.58. The van der Waals surface area contributed by atoms with Gasteiger partial charge in [-0.3, -0.25) is 4.79 Å². The topological polar surface area (TPSA) is 110 Å². The molecule has 0 aliphatic heterocycles. The van der Waals surface area contributed by atoms with Gasteiger partial charge in [0, 0.05) is 13.3 Å². The normalized spacial score (nSPS) is 11.5. The van der Waals surface area contributed by atoms with Crippen LogP contribution in [0.25, 0.3) is 0 Å². The van der Waals surface area contributed by atoms with E-state index in [2.05, 4.69) is 10.1 Å². The average molecular weight is 310 g/mol. The molecule has 0 saturated heterocycles. The molecule has 0 amide bonds. The molecule has 2 aromatic rings. The van der Waals surface area contributed by atoms with Gasteiger partial charge in [-0.05, 0) is 24.1 Å². The molecule has 0 aliphatic carbocycles. The number of rotatable bonds is 6. The first-order valence-electron chi connectivity index (χ1n) is 6.19. The highest BCUT2D eigenvalue weighted by atomic mass is 32.2. The molecule has 112 valence electrons. The first kappa shape index (κ1) is 15.2. The second-order valence-corrected chi connectivity index (χ2v) is 6.52. The Bertz CT molecular complexity index is 734. The summed E-state index contributed by atoms with van der Waals surface area (Å²) in [5.41, 5.74) is 0.770. The van der Waals surface area contributed by atoms with Crippen LogP contribution in [0.1, 0.15) is 23.7 Å². The maximum atomic E-state index is 12.2. The van der Waals surface area contributed by atoms with Crippen LogP contribution >= 0.6 is 0 Å². The van der Waals surface area contributed by atoms with Crippen LogP contribution in [0, 0.1) is 6.92 Å². The van der Waals surface area contributed by atoms with E-state index < -0.39 is 15.8 Å². The van der Waals surface area contributed by atoms with Crippen molar-refractivity contribution in [2.75, 3.05) is 0 Å². The van der Waals surface area contributed by atoms with E-state index in [-0.39, 0.29) is 22.9 Å². The van der Waals surface area contributed by atoms with Gasteiger partial charge in [0.2, 0.25) is 5.89 Å². The largest absolute Gasteiger partial charge is 0.481 e. The molecule has 0 aliphatic rings. The summed E-state index contributed by atoms with van der Waals surface area (Å²) in [5, 5.41) is 12.2. The number of nitrogens with zero attached hydrogens (tertiary/aromatic N) is 2. The molecule has 0 saturated carbocycles. The van der Waals surface area contributed by atoms with Gasteiger partial charge in [-0.25, -0.2) is 8.42 Å². The fourth-order valence-corrected chi connectivity index (χ4v) is 2.94. The van der Waals surface area contributed by atoms with Gasteiger partial charge in [0.1, 0.15) is 5.75 Å². The Morgan fingerprint density at radius 3 is 2.48 bits per heavy atom. The van der Waals surface area contributed by atoms with Crippen LogP contribution in [0.4, 0.5) is 0 Å². The standard InChI is InChI=1S/C13H14N2O5S/c1-9-14-12(15-20-9)8-21(18,19)11-5-2-10(3-6-11)4-7-13(16)17/h2-3,5-6H,4,7-8H2,1H3,(H,16,17). The highest BCUT2D eigenvalue weighted by Crippen LogP contribution is 2.16. The molecule has 0 radical (unpaired) electrons. The zero-order valence-corrected chi connectivity index (χ0v) is 12.1. The lowest BCUT2D eigenvalue weighted by Gasteiger charge is -2.03. The minimum absolute atomic E-state index is 0.00817. The maximum absolute atomic E-state index is 12.2. The van der Waals surface area contributed by atoms with Crippen LogP contribution in [0.5, 0.6) is 0 Å². The first-order valence-corrected chi connectivity index (χ1v) is 7.85. The lowest BCUT2D eigenvalue weighted by Crippen LogP contribution is -2.06. The number of benzene rings is 1. The highest BCUT2D eigenvalue weighted by Gasteiger charge is 2.18. The fraction of sp³-hybridized carbons (Fsp3) is 0.308. The molecule has 1 aromatic heterocycles. The molecule has 1 aromatic carbocycles. The molecule has 1 N–H and O–H groups in total. The minimum Gasteiger partial charge on any atom is -0.481 e. The van der Waals surface area contributed by atoms with Gasteiger partial charge < -0.3 is 9.63 Å². The second kappa shape index (κ2) is 6.04. The van der Waals surface area contributed by atoms with Crippen molar-refractivity contribution >= 4 is 15.8 Å². The number of sulfone groups is 1. The Morgan fingerprint density at radius 1 is 1.29 bits per heavy atom. The van der Waals surface area contributed by atoms with Crippen LogP contribution in [0.2, 0.25) is 0 Å². The van der Waals surface area contributed by atoms with Crippen LogP contribution in [0.15, 0.2) is 33.7 Å². The second-order valence-electron chi connectivity index (χ2n) is 4.53. The lowest BCUT2D eigenvalue weighted by molar-refractivity contribution is -0.136. The van der Waals surface area contributed by atoms with Gasteiger partial charge in [0.25, 0.3) is 0 Å². The molecular formula is C13H14N2O5S. The van der Waals surface area contributed by atoms with E-state index in [1.165, 1.54) is 12.1 Å². The number of carbonyl (C=O) groups is 1. The first-order chi connectivity index (χ1) is 9.87. The van der Waals surface area contributed by atoms with Crippen molar-refractivity contribution < 1.29 is 22.8 Å². The van der Waals surface area contributed by atoms with Crippen LogP contribution in [-0.4, -0.2) is 29.6 Å². The number of hydrogen-bond acceptors (Lipinski definition) is 6. The number of carboxylic acids is 1. The SMILES string of the molecule is Cc1nc(CS(=O)(=O)c2ccc(CCC(=O)O)cc2)no1. The Morgan fingerprint density at radius 2 is 1.95 bits per heavy atom. The van der Waals surface area contributed by atoms with Crippen LogP contribution < -0.4 is 0 Å². The smallest absolute Gasteiger partial charge is 0.303 e. The van der Waals surface area contributed by atoms with E-state index in [1.54, 1.807) is 19.1 Å². The third-order valence-electron chi connectivity index (χ3n) is 2.80. The third-order valence-corrected chi connectivity index (χ3v) is 4.43. The van der Waals surface area contributed by atoms with Gasteiger partial charge >= 0.3 is 5.97 Å².